The normalized spacial score (nSPS) is 23.8. The number of hydrogen-bond acceptors (Lipinski definition) is 10. The lowest BCUT2D eigenvalue weighted by molar-refractivity contribution is -0.123. The number of aromatic nitrogens is 2. The maximum Gasteiger partial charge on any atom is 0.251 e. The van der Waals surface area contributed by atoms with E-state index in [4.69, 9.17) is 26.3 Å². The number of benzene rings is 2. The predicted octanol–water partition coefficient (Wildman–Crippen LogP) is 7.27. The van der Waals surface area contributed by atoms with Crippen LogP contribution in [-0.4, -0.2) is 82.4 Å². The summed E-state index contributed by atoms with van der Waals surface area (Å²) < 4.78 is 12.4. The smallest absolute Gasteiger partial charge is 0.251 e. The van der Waals surface area contributed by atoms with Crippen LogP contribution in [0.3, 0.4) is 0 Å². The molecule has 3 aromatic rings. The zero-order chi connectivity index (χ0) is 40.8. The molecule has 58 heavy (non-hydrogen) atoms. The molecule has 1 aromatic heterocycles. The van der Waals surface area contributed by atoms with Gasteiger partial charge >= 0.3 is 0 Å². The first kappa shape index (κ1) is 41.2. The Morgan fingerprint density at radius 3 is 2.31 bits per heavy atom. The molecule has 2 saturated heterocycles. The van der Waals surface area contributed by atoms with Crippen molar-refractivity contribution in [3.05, 3.63) is 89.0 Å². The van der Waals surface area contributed by atoms with E-state index in [1.807, 2.05) is 12.1 Å². The topological polar surface area (TPSA) is 150 Å². The second kappa shape index (κ2) is 18.7. The molecule has 12 nitrogen and oxygen atoms in total. The van der Waals surface area contributed by atoms with Crippen molar-refractivity contribution in [1.29, 1.82) is 5.26 Å². The number of nitrogens with one attached hydrogen (secondary N) is 2. The Balaban J connectivity index is 0.801. The van der Waals surface area contributed by atoms with Gasteiger partial charge in [-0.1, -0.05) is 18.2 Å². The molecule has 7 rings (SSSR count). The van der Waals surface area contributed by atoms with Gasteiger partial charge in [-0.3, -0.25) is 19.3 Å². The Morgan fingerprint density at radius 2 is 1.67 bits per heavy atom. The molecule has 1 atom stereocenters. The molecule has 2 aliphatic carbocycles. The maximum absolute atomic E-state index is 13.1. The fourth-order valence-electron chi connectivity index (χ4n) is 8.66. The molecule has 2 aromatic carbocycles. The number of carbonyl (C=O) groups is 3. The maximum atomic E-state index is 13.1. The Labute approximate surface area is 346 Å². The van der Waals surface area contributed by atoms with E-state index in [9.17, 15) is 14.4 Å². The van der Waals surface area contributed by atoms with Gasteiger partial charge in [0, 0.05) is 68.3 Å². The number of halogens is 1. The van der Waals surface area contributed by atoms with Crippen molar-refractivity contribution in [2.75, 3.05) is 24.5 Å². The van der Waals surface area contributed by atoms with Gasteiger partial charge in [-0.05, 0) is 113 Å². The SMILES string of the molecule is C=C1CCC(NC(=O)c2ccc(OC3CC(N(CC4CCN(c5cnc(C(=O)CC6CCC(Oc7ccc(C#N)c(Cl)c7)CC6)cn5)CC4)C(C)C)C3)cc2)C(=O)N1. The molecular formula is C45H54ClN7O5. The average molecular weight is 808 g/mol. The van der Waals surface area contributed by atoms with Crippen LogP contribution in [0, 0.1) is 23.2 Å². The lowest BCUT2D eigenvalue weighted by Crippen LogP contribution is -2.53. The molecule has 1 unspecified atom stereocenters. The van der Waals surface area contributed by atoms with E-state index < -0.39 is 6.04 Å². The van der Waals surface area contributed by atoms with E-state index in [-0.39, 0.29) is 29.8 Å². The summed E-state index contributed by atoms with van der Waals surface area (Å²) in [6.07, 6.45) is 12.9. The third-order valence-electron chi connectivity index (χ3n) is 12.2. The zero-order valence-electron chi connectivity index (χ0n) is 33.5. The van der Waals surface area contributed by atoms with Gasteiger partial charge < -0.3 is 25.0 Å². The van der Waals surface area contributed by atoms with Crippen molar-refractivity contribution in [1.82, 2.24) is 25.5 Å². The molecule has 2 saturated carbocycles. The van der Waals surface area contributed by atoms with E-state index in [0.717, 1.165) is 82.6 Å². The number of hydrogen-bond donors (Lipinski definition) is 2. The van der Waals surface area contributed by atoms with Crippen LogP contribution in [0.2, 0.25) is 5.02 Å². The van der Waals surface area contributed by atoms with Gasteiger partial charge in [-0.25, -0.2) is 9.97 Å². The first-order valence-corrected chi connectivity index (χ1v) is 21.2. The van der Waals surface area contributed by atoms with E-state index >= 15 is 0 Å². The van der Waals surface area contributed by atoms with Gasteiger partial charge in [0.25, 0.3) is 5.91 Å². The van der Waals surface area contributed by atoms with Crippen LogP contribution in [0.25, 0.3) is 0 Å². The van der Waals surface area contributed by atoms with Crippen LogP contribution in [-0.2, 0) is 4.79 Å². The van der Waals surface area contributed by atoms with E-state index in [2.05, 4.69) is 56.9 Å². The Hall–Kier alpha value is -4.99. The quantitative estimate of drug-likeness (QED) is 0.159. The van der Waals surface area contributed by atoms with Crippen LogP contribution >= 0.6 is 11.6 Å². The average Bonchev–Trinajstić information content (AvgIpc) is 3.20. The number of anilines is 1. The lowest BCUT2D eigenvalue weighted by Gasteiger charge is -2.46. The molecule has 3 heterocycles. The highest BCUT2D eigenvalue weighted by Crippen LogP contribution is 2.34. The number of rotatable bonds is 14. The van der Waals surface area contributed by atoms with Crippen LogP contribution in [0.15, 0.2) is 67.1 Å². The highest BCUT2D eigenvalue weighted by Gasteiger charge is 2.38. The number of piperidine rings is 2. The minimum absolute atomic E-state index is 0.0378. The highest BCUT2D eigenvalue weighted by atomic mass is 35.5. The standard InChI is InChI=1S/C45H54ClN7O5/c1-28(2)53(34-21-38(22-34)58-36-12-7-32(8-13-36)44(55)51-40-15-4-29(3)50-45(40)56)27-31-16-18-52(19-17-31)43-26-48-41(25-49-43)42(54)20-30-5-10-35(11-6-30)57-37-14-9-33(24-47)39(46)23-37/h7-9,12-14,23,25-26,28,30-31,34-35,38,40H,3-6,10-11,15-22,27H2,1-2H3,(H,50,56)(H,51,55). The molecule has 2 N–H and O–H groups in total. The molecule has 2 aliphatic heterocycles. The van der Waals surface area contributed by atoms with Crippen LogP contribution in [0.1, 0.15) is 111 Å². The Kier molecular flexibility index (Phi) is 13.3. The van der Waals surface area contributed by atoms with Gasteiger partial charge in [0.2, 0.25) is 5.91 Å². The third kappa shape index (κ3) is 10.4. The minimum atomic E-state index is -0.553. The number of ketones is 1. The number of ether oxygens (including phenoxy) is 2. The van der Waals surface area contributed by atoms with Gasteiger partial charge in [-0.2, -0.15) is 5.26 Å². The van der Waals surface area contributed by atoms with Crippen LogP contribution in [0.4, 0.5) is 5.82 Å². The zero-order valence-corrected chi connectivity index (χ0v) is 34.3. The molecule has 2 amide bonds. The number of allylic oxidation sites excluding steroid dienone is 1. The largest absolute Gasteiger partial charge is 0.490 e. The van der Waals surface area contributed by atoms with E-state index in [0.29, 0.717) is 76.5 Å². The summed E-state index contributed by atoms with van der Waals surface area (Å²) in [7, 11) is 0. The Morgan fingerprint density at radius 1 is 0.966 bits per heavy atom. The second-order valence-corrected chi connectivity index (χ2v) is 17.1. The van der Waals surface area contributed by atoms with Crippen molar-refractivity contribution < 1.29 is 23.9 Å². The number of amides is 2. The summed E-state index contributed by atoms with van der Waals surface area (Å²) in [4.78, 5) is 52.2. The molecule has 4 fully saturated rings. The predicted molar refractivity (Wildman–Crippen MR) is 222 cm³/mol. The lowest BCUT2D eigenvalue weighted by atomic mass is 9.84. The molecule has 4 aliphatic rings. The van der Waals surface area contributed by atoms with Gasteiger partial charge in [0.15, 0.2) is 5.78 Å². The summed E-state index contributed by atoms with van der Waals surface area (Å²) in [5, 5.41) is 15.0. The summed E-state index contributed by atoms with van der Waals surface area (Å²) in [5.74, 6) is 2.66. The third-order valence-corrected chi connectivity index (χ3v) is 12.6. The molecule has 0 radical (unpaired) electrons. The summed E-state index contributed by atoms with van der Waals surface area (Å²) in [6, 6.07) is 14.7. The van der Waals surface area contributed by atoms with Crippen molar-refractivity contribution >= 4 is 35.0 Å². The van der Waals surface area contributed by atoms with E-state index in [1.165, 1.54) is 0 Å². The number of nitrogens with zero attached hydrogens (tertiary/aromatic N) is 5. The van der Waals surface area contributed by atoms with Crippen molar-refractivity contribution in [2.45, 2.75) is 115 Å². The minimum Gasteiger partial charge on any atom is -0.490 e. The Bertz CT molecular complexity index is 1980. The van der Waals surface area contributed by atoms with Crippen LogP contribution in [0.5, 0.6) is 11.5 Å². The molecular weight excluding hydrogens is 754 g/mol. The number of carbonyl (C=O) groups excluding carboxylic acids is 3. The highest BCUT2D eigenvalue weighted by molar-refractivity contribution is 6.31. The summed E-state index contributed by atoms with van der Waals surface area (Å²) in [5.41, 5.74) is 2.04. The monoisotopic (exact) mass is 807 g/mol. The molecule has 0 bridgehead atoms. The first-order valence-electron chi connectivity index (χ1n) is 20.8. The molecule has 13 heteroatoms. The van der Waals surface area contributed by atoms with Crippen molar-refractivity contribution in [3.8, 4) is 17.6 Å². The molecule has 0 spiro atoms. The van der Waals surface area contributed by atoms with Gasteiger partial charge in [0.05, 0.1) is 29.1 Å². The molecule has 306 valence electrons. The second-order valence-electron chi connectivity index (χ2n) is 16.7. The number of nitriles is 1. The van der Waals surface area contributed by atoms with Crippen LogP contribution < -0.4 is 25.0 Å². The fraction of sp³-hybridized carbons (Fsp3) is 0.511. The van der Waals surface area contributed by atoms with Crippen molar-refractivity contribution in [2.24, 2.45) is 11.8 Å². The van der Waals surface area contributed by atoms with Gasteiger partial charge in [-0.15, -0.1) is 0 Å². The van der Waals surface area contributed by atoms with E-state index in [1.54, 1.807) is 42.7 Å². The number of Topliss-reactive ketones (excluding diaryl/α,β-unsaturated/α-hetero) is 1. The van der Waals surface area contributed by atoms with Gasteiger partial charge in [0.1, 0.15) is 41.2 Å². The summed E-state index contributed by atoms with van der Waals surface area (Å²) >= 11 is 6.16. The van der Waals surface area contributed by atoms with Crippen molar-refractivity contribution in [3.63, 3.8) is 0 Å². The first-order chi connectivity index (χ1) is 28.0. The fourth-order valence-corrected chi connectivity index (χ4v) is 8.87. The summed E-state index contributed by atoms with van der Waals surface area (Å²) in [6.45, 7) is 11.2.